The first-order chi connectivity index (χ1) is 14.9. The monoisotopic (exact) mass is 615 g/mol. The molecule has 0 fully saturated rings. The summed E-state index contributed by atoms with van der Waals surface area (Å²) in [6.07, 6.45) is 3.67. The summed E-state index contributed by atoms with van der Waals surface area (Å²) in [6.45, 7) is 0. The van der Waals surface area contributed by atoms with Crippen LogP contribution in [0.3, 0.4) is 0 Å². The largest absolute Gasteiger partial charge is 3.00 e. The number of hydrogen-bond acceptors (Lipinski definition) is 4. The maximum atomic E-state index is 4.34. The standard InChI is InChI=1S/2C13H9NS.Ir/c2*1-2-5-10(6-3-1)13-9-11-12(15-13)7-4-8-14-11;/h2*1-9H;/q;;+3. The van der Waals surface area contributed by atoms with Gasteiger partial charge in [0.05, 0.1) is 20.4 Å². The number of thiophene rings is 2. The van der Waals surface area contributed by atoms with Gasteiger partial charge in [0.1, 0.15) is 0 Å². The summed E-state index contributed by atoms with van der Waals surface area (Å²) >= 11 is 3.58. The molecule has 2 nitrogen and oxygen atoms in total. The van der Waals surface area contributed by atoms with Gasteiger partial charge in [0.2, 0.25) is 0 Å². The average molecular weight is 615 g/mol. The van der Waals surface area contributed by atoms with E-state index in [1.165, 1.54) is 30.3 Å². The van der Waals surface area contributed by atoms with Gasteiger partial charge in [-0.2, -0.15) is 0 Å². The number of benzene rings is 2. The molecule has 0 aliphatic carbocycles. The molecule has 0 N–H and O–H groups in total. The van der Waals surface area contributed by atoms with E-state index in [9.17, 15) is 0 Å². The molecular formula is C26H18IrN2S2+3. The second-order valence-corrected chi connectivity index (χ2v) is 8.89. The fourth-order valence-corrected chi connectivity index (χ4v) is 5.28. The van der Waals surface area contributed by atoms with Crippen molar-refractivity contribution in [3.8, 4) is 20.9 Å². The first-order valence-corrected chi connectivity index (χ1v) is 11.3. The number of fused-ring (bicyclic) bond motifs is 2. The van der Waals surface area contributed by atoms with E-state index in [-0.39, 0.29) is 20.1 Å². The van der Waals surface area contributed by atoms with Crippen LogP contribution >= 0.6 is 22.7 Å². The Balaban J connectivity index is 0.000000144. The summed E-state index contributed by atoms with van der Waals surface area (Å²) in [6, 6.07) is 33.3. The average Bonchev–Trinajstić information content (AvgIpc) is 3.45. The van der Waals surface area contributed by atoms with Crippen molar-refractivity contribution in [1.29, 1.82) is 0 Å². The molecule has 0 aliphatic heterocycles. The number of pyridine rings is 2. The normalized spacial score (nSPS) is 10.3. The van der Waals surface area contributed by atoms with Crippen molar-refractivity contribution < 1.29 is 20.1 Å². The summed E-state index contributed by atoms with van der Waals surface area (Å²) in [5.41, 5.74) is 4.70. The van der Waals surface area contributed by atoms with Crippen molar-refractivity contribution in [2.45, 2.75) is 0 Å². The number of aromatic nitrogens is 2. The maximum Gasteiger partial charge on any atom is 3.00 e. The van der Waals surface area contributed by atoms with Crippen molar-refractivity contribution in [3.05, 3.63) is 109 Å². The van der Waals surface area contributed by atoms with Gasteiger partial charge < -0.3 is 0 Å². The summed E-state index contributed by atoms with van der Waals surface area (Å²) in [5, 5.41) is 0. The first kappa shape index (κ1) is 21.5. The quantitative estimate of drug-likeness (QED) is 0.198. The van der Waals surface area contributed by atoms with Gasteiger partial charge in [-0.3, -0.25) is 9.97 Å². The van der Waals surface area contributed by atoms with E-state index in [4.69, 9.17) is 0 Å². The van der Waals surface area contributed by atoms with Crippen LogP contribution in [0.5, 0.6) is 0 Å². The molecule has 150 valence electrons. The molecule has 0 bridgehead atoms. The molecule has 6 aromatic rings. The van der Waals surface area contributed by atoms with Crippen molar-refractivity contribution in [2.24, 2.45) is 0 Å². The van der Waals surface area contributed by atoms with Crippen molar-refractivity contribution in [1.82, 2.24) is 9.97 Å². The van der Waals surface area contributed by atoms with Crippen LogP contribution in [0.15, 0.2) is 109 Å². The van der Waals surface area contributed by atoms with Gasteiger partial charge in [-0.1, -0.05) is 60.7 Å². The van der Waals surface area contributed by atoms with E-state index in [0.29, 0.717) is 0 Å². The Hall–Kier alpha value is -2.69. The molecular weight excluding hydrogens is 597 g/mol. The molecule has 4 aromatic heterocycles. The second-order valence-electron chi connectivity index (χ2n) is 6.73. The number of hydrogen-bond donors (Lipinski definition) is 0. The molecule has 2 aromatic carbocycles. The van der Waals surface area contributed by atoms with Gasteiger partial charge in [0.25, 0.3) is 0 Å². The van der Waals surface area contributed by atoms with Gasteiger partial charge in [0.15, 0.2) is 0 Å². The van der Waals surface area contributed by atoms with E-state index in [2.05, 4.69) is 82.8 Å². The zero-order valence-corrected chi connectivity index (χ0v) is 20.5. The molecule has 31 heavy (non-hydrogen) atoms. The first-order valence-electron chi connectivity index (χ1n) is 9.67. The van der Waals surface area contributed by atoms with Crippen molar-refractivity contribution in [2.75, 3.05) is 0 Å². The Morgan fingerprint density at radius 1 is 0.484 bits per heavy atom. The minimum Gasteiger partial charge on any atom is -0.255 e. The molecule has 0 saturated carbocycles. The van der Waals surface area contributed by atoms with Crippen molar-refractivity contribution >= 4 is 43.1 Å². The third-order valence-electron chi connectivity index (χ3n) is 4.69. The van der Waals surface area contributed by atoms with Crippen molar-refractivity contribution in [3.63, 3.8) is 0 Å². The van der Waals surface area contributed by atoms with E-state index in [1.54, 1.807) is 22.7 Å². The number of nitrogens with zero attached hydrogens (tertiary/aromatic N) is 2. The third kappa shape index (κ3) is 4.97. The molecule has 6 rings (SSSR count). The maximum absolute atomic E-state index is 4.34. The molecule has 0 radical (unpaired) electrons. The molecule has 0 atom stereocenters. The summed E-state index contributed by atoms with van der Waals surface area (Å²) < 4.78 is 2.49. The Morgan fingerprint density at radius 2 is 0.903 bits per heavy atom. The Kier molecular flexibility index (Phi) is 7.00. The van der Waals surface area contributed by atoms with Crippen LogP contribution < -0.4 is 0 Å². The van der Waals surface area contributed by atoms with E-state index < -0.39 is 0 Å². The van der Waals surface area contributed by atoms with Gasteiger partial charge in [-0.05, 0) is 47.5 Å². The summed E-state index contributed by atoms with van der Waals surface area (Å²) in [7, 11) is 0. The van der Waals surface area contributed by atoms with Gasteiger partial charge in [-0.25, -0.2) is 0 Å². The van der Waals surface area contributed by atoms with Crippen LogP contribution in [0.1, 0.15) is 0 Å². The Labute approximate surface area is 202 Å². The topological polar surface area (TPSA) is 25.8 Å². The van der Waals surface area contributed by atoms with Gasteiger partial charge in [-0.15, -0.1) is 22.7 Å². The summed E-state index contributed by atoms with van der Waals surface area (Å²) in [5.74, 6) is 0. The number of rotatable bonds is 2. The van der Waals surface area contributed by atoms with Crippen LogP contribution in [0, 0.1) is 0 Å². The van der Waals surface area contributed by atoms with Gasteiger partial charge >= 0.3 is 20.1 Å². The smallest absolute Gasteiger partial charge is 0.255 e. The van der Waals surface area contributed by atoms with Gasteiger partial charge in [0, 0.05) is 22.1 Å². The van der Waals surface area contributed by atoms with Crippen LogP contribution in [0.25, 0.3) is 41.3 Å². The Bertz CT molecular complexity index is 1220. The second kappa shape index (κ2) is 10.1. The summed E-state index contributed by atoms with van der Waals surface area (Å²) in [4.78, 5) is 11.2. The molecule has 5 heteroatoms. The molecule has 0 saturated heterocycles. The van der Waals surface area contributed by atoms with Crippen LogP contribution in [0.4, 0.5) is 0 Å². The molecule has 0 aliphatic rings. The van der Waals surface area contributed by atoms with E-state index in [0.717, 1.165) is 11.0 Å². The fraction of sp³-hybridized carbons (Fsp3) is 0. The minimum atomic E-state index is 0. The predicted octanol–water partition coefficient (Wildman–Crippen LogP) is 7.92. The Morgan fingerprint density at radius 3 is 1.29 bits per heavy atom. The van der Waals surface area contributed by atoms with Crippen LogP contribution in [-0.2, 0) is 20.1 Å². The fourth-order valence-electron chi connectivity index (χ4n) is 3.23. The van der Waals surface area contributed by atoms with Crippen LogP contribution in [-0.4, -0.2) is 9.97 Å². The minimum absolute atomic E-state index is 0. The zero-order valence-electron chi connectivity index (χ0n) is 16.4. The molecule has 0 spiro atoms. The van der Waals surface area contributed by atoms with E-state index >= 15 is 0 Å². The molecule has 0 amide bonds. The molecule has 0 unspecified atom stereocenters. The third-order valence-corrected chi connectivity index (χ3v) is 6.97. The van der Waals surface area contributed by atoms with Crippen LogP contribution in [0.2, 0.25) is 0 Å². The predicted molar refractivity (Wildman–Crippen MR) is 130 cm³/mol. The molecule has 4 heterocycles. The van der Waals surface area contributed by atoms with E-state index in [1.807, 2.05) is 36.7 Å². The zero-order chi connectivity index (χ0) is 20.2. The SMILES string of the molecule is [Ir+3].c1ccc(-c2cc3ncccc3s2)cc1.c1ccc(-c2cc3ncccc3s2)cc1.